The minimum Gasteiger partial charge on any atom is -0.444 e. The van der Waals surface area contributed by atoms with E-state index in [0.717, 1.165) is 0 Å². The summed E-state index contributed by atoms with van der Waals surface area (Å²) in [6.45, 7) is 6.08. The van der Waals surface area contributed by atoms with Crippen molar-refractivity contribution in [1.29, 1.82) is 0 Å². The van der Waals surface area contributed by atoms with E-state index in [-0.39, 0.29) is 12.8 Å². The molecule has 2 aliphatic rings. The van der Waals surface area contributed by atoms with E-state index in [1.807, 2.05) is 0 Å². The van der Waals surface area contributed by atoms with E-state index in [1.165, 1.54) is 4.90 Å². The van der Waals surface area contributed by atoms with Crippen molar-refractivity contribution in [2.75, 3.05) is 13.1 Å². The highest BCUT2D eigenvalue weighted by atomic mass is 19.3. The first kappa shape index (κ1) is 15.5. The van der Waals surface area contributed by atoms with Gasteiger partial charge >= 0.3 is 6.09 Å². The van der Waals surface area contributed by atoms with Crippen LogP contribution >= 0.6 is 0 Å². The average Bonchev–Trinajstić information content (AvgIpc) is 2.83. The molecule has 20 heavy (non-hydrogen) atoms. The summed E-state index contributed by atoms with van der Waals surface area (Å²) < 4.78 is 31.1. The van der Waals surface area contributed by atoms with Gasteiger partial charge in [-0.3, -0.25) is 0 Å². The summed E-state index contributed by atoms with van der Waals surface area (Å²) >= 11 is 0. The van der Waals surface area contributed by atoms with Crippen molar-refractivity contribution in [3.05, 3.63) is 0 Å². The second-order valence-electron chi connectivity index (χ2n) is 7.06. The highest BCUT2D eigenvalue weighted by Crippen LogP contribution is 2.53. The highest BCUT2D eigenvalue weighted by molar-refractivity contribution is 5.68. The summed E-state index contributed by atoms with van der Waals surface area (Å²) in [5, 5.41) is 10.3. The van der Waals surface area contributed by atoms with Gasteiger partial charge in [0.05, 0.1) is 5.60 Å². The highest BCUT2D eigenvalue weighted by Gasteiger charge is 2.59. The first-order valence-electron chi connectivity index (χ1n) is 7.09. The Morgan fingerprint density at radius 1 is 1.35 bits per heavy atom. The molecule has 0 spiro atoms. The molecule has 1 unspecified atom stereocenters. The number of piperidine rings is 1. The molecule has 1 saturated heterocycles. The van der Waals surface area contributed by atoms with Crippen LogP contribution in [-0.2, 0) is 4.74 Å². The molecule has 0 aromatic heterocycles. The lowest BCUT2D eigenvalue weighted by molar-refractivity contribution is -0.0468. The predicted molar refractivity (Wildman–Crippen MR) is 69.7 cm³/mol. The molecule has 1 aliphatic carbocycles. The number of aliphatic hydroxyl groups is 1. The van der Waals surface area contributed by atoms with Gasteiger partial charge in [0, 0.05) is 25.4 Å². The van der Waals surface area contributed by atoms with Gasteiger partial charge in [0.15, 0.2) is 0 Å². The first-order valence-corrected chi connectivity index (χ1v) is 7.09. The first-order chi connectivity index (χ1) is 9.01. The molecule has 1 N–H and O–H groups in total. The average molecular weight is 291 g/mol. The van der Waals surface area contributed by atoms with Gasteiger partial charge in [-0.25, -0.2) is 13.6 Å². The van der Waals surface area contributed by atoms with Crippen molar-refractivity contribution in [3.8, 4) is 0 Å². The van der Waals surface area contributed by atoms with E-state index in [9.17, 15) is 18.7 Å². The third-order valence-electron chi connectivity index (χ3n) is 3.93. The number of hydrogen-bond donors (Lipinski definition) is 1. The maximum atomic E-state index is 12.9. The molecule has 1 heterocycles. The molecule has 1 aliphatic heterocycles. The number of hydrogen-bond acceptors (Lipinski definition) is 3. The fraction of sp³-hybridized carbons (Fsp3) is 0.929. The molecule has 1 atom stereocenters. The van der Waals surface area contributed by atoms with Crippen LogP contribution < -0.4 is 0 Å². The van der Waals surface area contributed by atoms with Gasteiger partial charge < -0.3 is 14.7 Å². The minimum atomic E-state index is -2.60. The molecule has 116 valence electrons. The largest absolute Gasteiger partial charge is 0.444 e. The summed E-state index contributed by atoms with van der Waals surface area (Å²) in [5.41, 5.74) is -1.62. The van der Waals surface area contributed by atoms with Gasteiger partial charge in [-0.1, -0.05) is 0 Å². The maximum absolute atomic E-state index is 12.9. The van der Waals surface area contributed by atoms with Crippen molar-refractivity contribution in [2.24, 2.45) is 5.92 Å². The quantitative estimate of drug-likeness (QED) is 0.851. The van der Waals surface area contributed by atoms with Crippen LogP contribution in [0.5, 0.6) is 0 Å². The standard InChI is InChI=1S/C14H23F2NO3/c1-12(2,3)20-11(18)17-6-4-13(19,5-7-17)8-10-9-14(10,15)16/h10,19H,4-9H2,1-3H3. The molecular formula is C14H23F2NO3. The van der Waals surface area contributed by atoms with E-state index >= 15 is 0 Å². The SMILES string of the molecule is CC(C)(C)OC(=O)N1CCC(O)(CC2CC2(F)F)CC1. The molecule has 4 nitrogen and oxygen atoms in total. The lowest BCUT2D eigenvalue weighted by Gasteiger charge is -2.38. The molecule has 0 aromatic rings. The lowest BCUT2D eigenvalue weighted by Crippen LogP contribution is -2.48. The topological polar surface area (TPSA) is 49.8 Å². The van der Waals surface area contributed by atoms with Crippen LogP contribution in [0.15, 0.2) is 0 Å². The number of amides is 1. The number of alkyl halides is 2. The normalized spacial score (nSPS) is 28.1. The Morgan fingerprint density at radius 3 is 2.25 bits per heavy atom. The fourth-order valence-corrected chi connectivity index (χ4v) is 2.59. The number of ether oxygens (including phenoxy) is 1. The van der Waals surface area contributed by atoms with Crippen LogP contribution in [-0.4, -0.2) is 46.3 Å². The van der Waals surface area contributed by atoms with Gasteiger partial charge in [0.2, 0.25) is 0 Å². The number of nitrogens with zero attached hydrogens (tertiary/aromatic N) is 1. The molecule has 1 saturated carbocycles. The second kappa shape index (κ2) is 4.83. The van der Waals surface area contributed by atoms with Crippen LogP contribution in [0.25, 0.3) is 0 Å². The van der Waals surface area contributed by atoms with Crippen LogP contribution in [0, 0.1) is 5.92 Å². The van der Waals surface area contributed by atoms with Gasteiger partial charge in [-0.2, -0.15) is 0 Å². The van der Waals surface area contributed by atoms with Crippen molar-refractivity contribution in [2.45, 2.75) is 63.6 Å². The van der Waals surface area contributed by atoms with Crippen LogP contribution in [0.4, 0.5) is 13.6 Å². The van der Waals surface area contributed by atoms with Crippen LogP contribution in [0.1, 0.15) is 46.5 Å². The second-order valence-corrected chi connectivity index (χ2v) is 7.06. The number of rotatable bonds is 2. The van der Waals surface area contributed by atoms with E-state index in [4.69, 9.17) is 4.74 Å². The summed E-state index contributed by atoms with van der Waals surface area (Å²) in [5.74, 6) is -3.29. The van der Waals surface area contributed by atoms with Crippen molar-refractivity contribution >= 4 is 6.09 Å². The predicted octanol–water partition coefficient (Wildman–Crippen LogP) is 2.79. The molecule has 0 aromatic carbocycles. The Kier molecular flexibility index (Phi) is 3.73. The summed E-state index contributed by atoms with van der Waals surface area (Å²) in [6, 6.07) is 0. The molecule has 1 amide bonds. The Hall–Kier alpha value is -0.910. The van der Waals surface area contributed by atoms with Gasteiger partial charge in [-0.15, -0.1) is 0 Å². The molecule has 6 heteroatoms. The zero-order valence-corrected chi connectivity index (χ0v) is 12.3. The number of carbonyl (C=O) groups is 1. The summed E-state index contributed by atoms with van der Waals surface area (Å²) in [7, 11) is 0. The van der Waals surface area contributed by atoms with E-state index < -0.39 is 29.1 Å². The molecule has 0 bridgehead atoms. The lowest BCUT2D eigenvalue weighted by atomic mass is 9.86. The Labute approximate surface area is 118 Å². The van der Waals surface area contributed by atoms with Crippen LogP contribution in [0.3, 0.4) is 0 Å². The monoisotopic (exact) mass is 291 g/mol. The van der Waals surface area contributed by atoms with E-state index in [0.29, 0.717) is 25.9 Å². The molecular weight excluding hydrogens is 268 g/mol. The van der Waals surface area contributed by atoms with E-state index in [2.05, 4.69) is 0 Å². The molecule has 2 rings (SSSR count). The third-order valence-corrected chi connectivity index (χ3v) is 3.93. The number of likely N-dealkylation sites (tertiary alicyclic amines) is 1. The zero-order valence-electron chi connectivity index (χ0n) is 12.3. The Bertz CT molecular complexity index is 384. The fourth-order valence-electron chi connectivity index (χ4n) is 2.59. The zero-order chi connectivity index (χ0) is 15.2. The number of carbonyl (C=O) groups excluding carboxylic acids is 1. The molecule has 2 fully saturated rings. The van der Waals surface area contributed by atoms with Crippen molar-refractivity contribution in [3.63, 3.8) is 0 Å². The Morgan fingerprint density at radius 2 is 1.85 bits per heavy atom. The third kappa shape index (κ3) is 3.81. The summed E-state index contributed by atoms with van der Waals surface area (Å²) in [6.07, 6.45) is 0.265. The minimum absolute atomic E-state index is 0.120. The van der Waals surface area contributed by atoms with Crippen molar-refractivity contribution in [1.82, 2.24) is 4.90 Å². The van der Waals surface area contributed by atoms with E-state index in [1.54, 1.807) is 20.8 Å². The van der Waals surface area contributed by atoms with Crippen LogP contribution in [0.2, 0.25) is 0 Å². The van der Waals surface area contributed by atoms with Gasteiger partial charge in [0.1, 0.15) is 5.60 Å². The smallest absolute Gasteiger partial charge is 0.410 e. The number of halogens is 2. The Balaban J connectivity index is 1.81. The molecule has 0 radical (unpaired) electrons. The van der Waals surface area contributed by atoms with Gasteiger partial charge in [-0.05, 0) is 40.0 Å². The van der Waals surface area contributed by atoms with Crippen molar-refractivity contribution < 1.29 is 23.4 Å². The summed E-state index contributed by atoms with van der Waals surface area (Å²) in [4.78, 5) is 13.4. The van der Waals surface area contributed by atoms with Gasteiger partial charge in [0.25, 0.3) is 5.92 Å². The maximum Gasteiger partial charge on any atom is 0.410 e.